The molecule has 30 heavy (non-hydrogen) atoms. The molecule has 7 nitrogen and oxygen atoms in total. The SMILES string of the molecule is C=CC[C@@H](C(=O)N[C@H](C(=O)N[C@H](C)c1ccccc1)C(C)(C)C)[C@H](OCC)C(=O)O. The van der Waals surface area contributed by atoms with Gasteiger partial charge in [-0.3, -0.25) is 9.59 Å². The van der Waals surface area contributed by atoms with E-state index in [0.717, 1.165) is 5.56 Å². The maximum Gasteiger partial charge on any atom is 0.333 e. The number of nitrogens with one attached hydrogen (secondary N) is 2. The van der Waals surface area contributed by atoms with E-state index in [9.17, 15) is 19.5 Å². The van der Waals surface area contributed by atoms with Crippen molar-refractivity contribution in [3.05, 3.63) is 48.6 Å². The van der Waals surface area contributed by atoms with Crippen LogP contribution in [0.1, 0.15) is 52.6 Å². The van der Waals surface area contributed by atoms with Crippen molar-refractivity contribution in [1.29, 1.82) is 0 Å². The lowest BCUT2D eigenvalue weighted by Crippen LogP contribution is -2.56. The van der Waals surface area contributed by atoms with Crippen LogP contribution < -0.4 is 10.6 Å². The second kappa shape index (κ2) is 11.5. The number of carbonyl (C=O) groups excluding carboxylic acids is 2. The third kappa shape index (κ3) is 7.30. The fourth-order valence-electron chi connectivity index (χ4n) is 3.13. The maximum atomic E-state index is 13.0. The first-order valence-electron chi connectivity index (χ1n) is 10.1. The van der Waals surface area contributed by atoms with Crippen molar-refractivity contribution in [2.24, 2.45) is 11.3 Å². The average Bonchev–Trinajstić information content (AvgIpc) is 2.68. The van der Waals surface area contributed by atoms with Crippen molar-refractivity contribution in [2.75, 3.05) is 6.61 Å². The topological polar surface area (TPSA) is 105 Å². The number of amides is 2. The first-order valence-corrected chi connectivity index (χ1v) is 10.1. The van der Waals surface area contributed by atoms with E-state index in [-0.39, 0.29) is 25.0 Å². The second-order valence-electron chi connectivity index (χ2n) is 8.29. The Morgan fingerprint density at radius 2 is 1.73 bits per heavy atom. The maximum absolute atomic E-state index is 13.0. The minimum Gasteiger partial charge on any atom is -0.479 e. The molecule has 166 valence electrons. The third-order valence-corrected chi connectivity index (χ3v) is 4.79. The zero-order valence-electron chi connectivity index (χ0n) is 18.5. The number of rotatable bonds is 11. The molecule has 3 N–H and O–H groups in total. The smallest absolute Gasteiger partial charge is 0.333 e. The molecule has 2 amide bonds. The van der Waals surface area contributed by atoms with Crippen LogP contribution in [0.2, 0.25) is 0 Å². The normalized spacial score (nSPS) is 15.4. The van der Waals surface area contributed by atoms with Gasteiger partial charge in [-0.25, -0.2) is 4.79 Å². The highest BCUT2D eigenvalue weighted by atomic mass is 16.5. The first kappa shape index (κ1) is 25.4. The molecular weight excluding hydrogens is 384 g/mol. The Morgan fingerprint density at radius 3 is 2.20 bits per heavy atom. The Hall–Kier alpha value is -2.67. The number of ether oxygens (including phenoxy) is 1. The van der Waals surface area contributed by atoms with Gasteiger partial charge >= 0.3 is 5.97 Å². The number of allylic oxidation sites excluding steroid dienone is 1. The lowest BCUT2D eigenvalue weighted by molar-refractivity contribution is -0.158. The molecule has 0 aliphatic rings. The first-order chi connectivity index (χ1) is 14.0. The van der Waals surface area contributed by atoms with Crippen LogP contribution in [0.25, 0.3) is 0 Å². The molecule has 0 bridgehead atoms. The van der Waals surface area contributed by atoms with Gasteiger partial charge in [0.25, 0.3) is 0 Å². The van der Waals surface area contributed by atoms with Crippen LogP contribution in [0, 0.1) is 11.3 Å². The molecule has 1 aromatic carbocycles. The summed E-state index contributed by atoms with van der Waals surface area (Å²) in [6, 6.07) is 8.39. The van der Waals surface area contributed by atoms with Gasteiger partial charge in [0, 0.05) is 6.61 Å². The summed E-state index contributed by atoms with van der Waals surface area (Å²) in [6.07, 6.45) is 0.268. The monoisotopic (exact) mass is 418 g/mol. The van der Waals surface area contributed by atoms with Gasteiger partial charge in [-0.1, -0.05) is 57.2 Å². The van der Waals surface area contributed by atoms with Crippen molar-refractivity contribution in [3.8, 4) is 0 Å². The summed E-state index contributed by atoms with van der Waals surface area (Å²) in [5.74, 6) is -3.12. The average molecular weight is 419 g/mol. The van der Waals surface area contributed by atoms with Gasteiger partial charge < -0.3 is 20.5 Å². The minimum absolute atomic E-state index is 0.113. The lowest BCUT2D eigenvalue weighted by atomic mass is 9.85. The van der Waals surface area contributed by atoms with Crippen LogP contribution in [-0.4, -0.2) is 41.6 Å². The number of carboxylic acids is 1. The van der Waals surface area contributed by atoms with Gasteiger partial charge in [0.05, 0.1) is 12.0 Å². The summed E-state index contributed by atoms with van der Waals surface area (Å²) in [5.41, 5.74) is 0.343. The fraction of sp³-hybridized carbons (Fsp3) is 0.522. The van der Waals surface area contributed by atoms with E-state index < -0.39 is 35.4 Å². The van der Waals surface area contributed by atoms with Gasteiger partial charge in [0.1, 0.15) is 6.04 Å². The molecular formula is C23H34N2O5. The van der Waals surface area contributed by atoms with E-state index in [4.69, 9.17) is 4.74 Å². The molecule has 0 aliphatic carbocycles. The molecule has 0 unspecified atom stereocenters. The van der Waals surface area contributed by atoms with E-state index in [1.807, 2.05) is 58.0 Å². The number of benzene rings is 1. The summed E-state index contributed by atoms with van der Waals surface area (Å²) in [4.78, 5) is 37.6. The van der Waals surface area contributed by atoms with Crippen molar-refractivity contribution >= 4 is 17.8 Å². The van der Waals surface area contributed by atoms with Crippen LogP contribution in [0.4, 0.5) is 0 Å². The molecule has 0 aliphatic heterocycles. The molecule has 0 heterocycles. The molecule has 1 rings (SSSR count). The van der Waals surface area contributed by atoms with E-state index in [0.29, 0.717) is 0 Å². The van der Waals surface area contributed by atoms with Crippen molar-refractivity contribution in [3.63, 3.8) is 0 Å². The highest BCUT2D eigenvalue weighted by Gasteiger charge is 2.39. The van der Waals surface area contributed by atoms with Gasteiger partial charge in [-0.2, -0.15) is 0 Å². The summed E-state index contributed by atoms with van der Waals surface area (Å²) < 4.78 is 5.28. The van der Waals surface area contributed by atoms with Gasteiger partial charge in [0.15, 0.2) is 6.10 Å². The molecule has 0 saturated carbocycles. The Kier molecular flexibility index (Phi) is 9.72. The van der Waals surface area contributed by atoms with Crippen LogP contribution >= 0.6 is 0 Å². The Labute approximate surface area is 178 Å². The standard InChI is InChI=1S/C23H34N2O5/c1-7-12-17(18(22(28)29)30-8-2)20(26)25-19(23(4,5)6)21(27)24-15(3)16-13-10-9-11-14-16/h7,9-11,13-15,17-19H,1,8,12H2,2-6H3,(H,24,27)(H,25,26)(H,28,29)/t15-,17-,18+,19-/m1/s1. The molecule has 0 aromatic heterocycles. The Balaban J connectivity index is 3.04. The fourth-order valence-corrected chi connectivity index (χ4v) is 3.13. The second-order valence-corrected chi connectivity index (χ2v) is 8.29. The minimum atomic E-state index is -1.32. The molecule has 0 radical (unpaired) electrons. The highest BCUT2D eigenvalue weighted by Crippen LogP contribution is 2.23. The summed E-state index contributed by atoms with van der Waals surface area (Å²) in [6.45, 7) is 12.8. The quantitative estimate of drug-likeness (QED) is 0.479. The van der Waals surface area contributed by atoms with Crippen LogP contribution in [0.5, 0.6) is 0 Å². The van der Waals surface area contributed by atoms with Gasteiger partial charge in [-0.15, -0.1) is 6.58 Å². The molecule has 0 saturated heterocycles. The molecule has 0 fully saturated rings. The number of hydrogen-bond donors (Lipinski definition) is 3. The number of carboxylic acid groups (broad SMARTS) is 1. The van der Waals surface area contributed by atoms with E-state index in [1.54, 1.807) is 6.92 Å². The highest BCUT2D eigenvalue weighted by molar-refractivity contribution is 5.91. The van der Waals surface area contributed by atoms with E-state index in [1.165, 1.54) is 6.08 Å². The Morgan fingerprint density at radius 1 is 1.13 bits per heavy atom. The van der Waals surface area contributed by atoms with Crippen molar-refractivity contribution in [1.82, 2.24) is 10.6 Å². The summed E-state index contributed by atoms with van der Waals surface area (Å²) in [7, 11) is 0. The summed E-state index contributed by atoms with van der Waals surface area (Å²) in [5, 5.41) is 15.2. The molecule has 4 atom stereocenters. The molecule has 0 spiro atoms. The Bertz CT molecular complexity index is 727. The lowest BCUT2D eigenvalue weighted by Gasteiger charge is -2.33. The largest absolute Gasteiger partial charge is 0.479 e. The van der Waals surface area contributed by atoms with Crippen LogP contribution in [0.15, 0.2) is 43.0 Å². The zero-order chi connectivity index (χ0) is 22.9. The van der Waals surface area contributed by atoms with Gasteiger partial charge in [0.2, 0.25) is 11.8 Å². The van der Waals surface area contributed by atoms with Crippen LogP contribution in [0.3, 0.4) is 0 Å². The molecule has 1 aromatic rings. The van der Waals surface area contributed by atoms with Crippen LogP contribution in [-0.2, 0) is 19.1 Å². The predicted molar refractivity (Wildman–Crippen MR) is 116 cm³/mol. The molecule has 7 heteroatoms. The third-order valence-electron chi connectivity index (χ3n) is 4.79. The number of hydrogen-bond acceptors (Lipinski definition) is 4. The van der Waals surface area contributed by atoms with E-state index >= 15 is 0 Å². The summed E-state index contributed by atoms with van der Waals surface area (Å²) >= 11 is 0. The zero-order valence-corrected chi connectivity index (χ0v) is 18.5. The number of carbonyl (C=O) groups is 3. The number of aliphatic carboxylic acids is 1. The van der Waals surface area contributed by atoms with Crippen molar-refractivity contribution < 1.29 is 24.2 Å². The predicted octanol–water partition coefficient (Wildman–Crippen LogP) is 3.08. The van der Waals surface area contributed by atoms with E-state index in [2.05, 4.69) is 17.2 Å². The van der Waals surface area contributed by atoms with Gasteiger partial charge in [-0.05, 0) is 31.2 Å². The van der Waals surface area contributed by atoms with Crippen molar-refractivity contribution in [2.45, 2.75) is 59.2 Å².